The highest BCUT2D eigenvalue weighted by atomic mass is 16.4. The molecule has 4 aliphatic rings. The number of hydrogen-bond donors (Lipinski definition) is 2. The van der Waals surface area contributed by atoms with Crippen LogP contribution in [0.2, 0.25) is 0 Å². The highest BCUT2D eigenvalue weighted by Gasteiger charge is 2.70. The molecule has 4 aliphatic carbocycles. The lowest BCUT2D eigenvalue weighted by Crippen LogP contribution is -2.59. The van der Waals surface area contributed by atoms with Gasteiger partial charge in [-0.15, -0.1) is 0 Å². The number of carbonyl (C=O) groups excluding carboxylic acids is 4. The number of aliphatic hydroxyl groups is 1. The number of carboxylic acid groups (broad SMARTS) is 1. The van der Waals surface area contributed by atoms with E-state index in [9.17, 15) is 29.1 Å². The van der Waals surface area contributed by atoms with Gasteiger partial charge in [-0.3, -0.25) is 24.0 Å². The van der Waals surface area contributed by atoms with Gasteiger partial charge in [-0.1, -0.05) is 40.2 Å². The summed E-state index contributed by atoms with van der Waals surface area (Å²) in [5, 5.41) is 20.7. The van der Waals surface area contributed by atoms with E-state index in [0.717, 1.165) is 0 Å². The topological polar surface area (TPSA) is 126 Å². The van der Waals surface area contributed by atoms with Gasteiger partial charge in [0.25, 0.3) is 0 Å². The molecule has 0 radical (unpaired) electrons. The van der Waals surface area contributed by atoms with Crippen molar-refractivity contribution in [2.45, 2.75) is 93.1 Å². The first-order valence-corrected chi connectivity index (χ1v) is 13.4. The van der Waals surface area contributed by atoms with E-state index in [0.29, 0.717) is 36.0 Å². The van der Waals surface area contributed by atoms with Crippen molar-refractivity contribution in [1.82, 2.24) is 0 Å². The van der Waals surface area contributed by atoms with Crippen LogP contribution in [0.1, 0.15) is 87.0 Å². The Kier molecular flexibility index (Phi) is 6.38. The summed E-state index contributed by atoms with van der Waals surface area (Å²) in [7, 11) is 0. The van der Waals surface area contributed by atoms with E-state index in [2.05, 4.69) is 0 Å². The van der Waals surface area contributed by atoms with E-state index in [-0.39, 0.29) is 54.2 Å². The quantitative estimate of drug-likeness (QED) is 0.527. The third-order valence-corrected chi connectivity index (χ3v) is 10.9. The third-order valence-electron chi connectivity index (χ3n) is 10.9. The summed E-state index contributed by atoms with van der Waals surface area (Å²) >= 11 is 0. The van der Waals surface area contributed by atoms with Crippen LogP contribution < -0.4 is 0 Å². The largest absolute Gasteiger partial charge is 0.481 e. The minimum absolute atomic E-state index is 0.0497. The average Bonchev–Trinajstić information content (AvgIpc) is 2.99. The SMILES string of the molecule is C/C(=C/C(=O)CC(C)C(=O)O)C1CC(=O)[C@@]2(C)C3=C(C(=O)C[C@]12C)[C@@]1(C)CCC(=O)C(C)(C)C1C[C@@H]3O. The maximum atomic E-state index is 14.0. The molecule has 2 N–H and O–H groups in total. The number of hydrogen-bond acceptors (Lipinski definition) is 6. The van der Waals surface area contributed by atoms with E-state index in [1.165, 1.54) is 13.0 Å². The number of aliphatic carboxylic acids is 1. The lowest BCUT2D eigenvalue weighted by atomic mass is 9.42. The third kappa shape index (κ3) is 3.67. The van der Waals surface area contributed by atoms with Crippen LogP contribution in [0.15, 0.2) is 22.8 Å². The summed E-state index contributed by atoms with van der Waals surface area (Å²) in [5.74, 6) is -2.74. The zero-order chi connectivity index (χ0) is 27.9. The number of carboxylic acids is 1. The van der Waals surface area contributed by atoms with Crippen LogP contribution in [-0.4, -0.2) is 45.4 Å². The zero-order valence-electron chi connectivity index (χ0n) is 23.1. The number of fused-ring (bicyclic) bond motifs is 4. The Bertz CT molecular complexity index is 1170. The molecule has 2 fully saturated rings. The number of ketones is 4. The van der Waals surface area contributed by atoms with Gasteiger partial charge in [-0.05, 0) is 55.6 Å². The molecule has 37 heavy (non-hydrogen) atoms. The fourth-order valence-electron chi connectivity index (χ4n) is 8.51. The van der Waals surface area contributed by atoms with E-state index in [1.807, 2.05) is 34.6 Å². The van der Waals surface area contributed by atoms with Crippen molar-refractivity contribution >= 4 is 29.1 Å². The van der Waals surface area contributed by atoms with E-state index < -0.39 is 39.7 Å². The molecule has 7 nitrogen and oxygen atoms in total. The second kappa shape index (κ2) is 8.55. The monoisotopic (exact) mass is 512 g/mol. The Morgan fingerprint density at radius 1 is 1.08 bits per heavy atom. The van der Waals surface area contributed by atoms with Gasteiger partial charge >= 0.3 is 5.97 Å². The van der Waals surface area contributed by atoms with Crippen molar-refractivity contribution in [1.29, 1.82) is 0 Å². The summed E-state index contributed by atoms with van der Waals surface area (Å²) in [6, 6.07) is 0. The van der Waals surface area contributed by atoms with Crippen LogP contribution in [0.5, 0.6) is 0 Å². The van der Waals surface area contributed by atoms with Crippen molar-refractivity contribution in [3.8, 4) is 0 Å². The van der Waals surface area contributed by atoms with Crippen molar-refractivity contribution in [2.24, 2.45) is 39.4 Å². The molecule has 0 aromatic rings. The molecule has 4 rings (SSSR count). The summed E-state index contributed by atoms with van der Waals surface area (Å²) in [6.07, 6.45) is 1.78. The first-order valence-electron chi connectivity index (χ1n) is 13.4. The van der Waals surface area contributed by atoms with Gasteiger partial charge in [0.2, 0.25) is 0 Å². The van der Waals surface area contributed by atoms with Gasteiger partial charge in [-0.25, -0.2) is 0 Å². The normalized spacial score (nSPS) is 40.2. The highest BCUT2D eigenvalue weighted by molar-refractivity contribution is 6.06. The summed E-state index contributed by atoms with van der Waals surface area (Å²) in [6.45, 7) is 12.9. The van der Waals surface area contributed by atoms with Crippen LogP contribution in [0.25, 0.3) is 0 Å². The standard InChI is InChI=1S/C30H40O7/c1-15(10-17(31)11-16(2)26(36)37)18-12-23(35)30(7)25-19(32)13-21-27(3,4)22(34)8-9-28(21,5)24(25)20(33)14-29(18,30)6/h10,16,18-19,21,32H,8-9,11-14H2,1-7H3,(H,36,37)/b15-10-/t16?,18?,19-,21?,28-,29+,30-/m0/s1. The molecule has 0 heterocycles. The molecule has 0 aliphatic heterocycles. The summed E-state index contributed by atoms with van der Waals surface area (Å²) < 4.78 is 0. The second-order valence-electron chi connectivity index (χ2n) is 13.3. The lowest BCUT2D eigenvalue weighted by molar-refractivity contribution is -0.146. The fraction of sp³-hybridized carbons (Fsp3) is 0.700. The van der Waals surface area contributed by atoms with Crippen molar-refractivity contribution in [2.75, 3.05) is 0 Å². The Labute approximate surface area is 218 Å². The predicted molar refractivity (Wildman–Crippen MR) is 136 cm³/mol. The van der Waals surface area contributed by atoms with E-state index >= 15 is 0 Å². The number of rotatable bonds is 5. The van der Waals surface area contributed by atoms with Crippen LogP contribution in [0.4, 0.5) is 0 Å². The van der Waals surface area contributed by atoms with Crippen molar-refractivity contribution < 1.29 is 34.2 Å². The molecule has 0 spiro atoms. The number of carbonyl (C=O) groups is 5. The maximum Gasteiger partial charge on any atom is 0.306 e. The number of Topliss-reactive ketones (excluding diaryl/α,β-unsaturated/α-hetero) is 3. The van der Waals surface area contributed by atoms with Gasteiger partial charge in [0, 0.05) is 42.1 Å². The van der Waals surface area contributed by atoms with Gasteiger partial charge < -0.3 is 10.2 Å². The second-order valence-corrected chi connectivity index (χ2v) is 13.3. The van der Waals surface area contributed by atoms with Crippen LogP contribution in [0.3, 0.4) is 0 Å². The first-order chi connectivity index (χ1) is 16.9. The molecule has 7 atom stereocenters. The van der Waals surface area contributed by atoms with Gasteiger partial charge in [0.05, 0.1) is 17.4 Å². The van der Waals surface area contributed by atoms with Gasteiger partial charge in [0.15, 0.2) is 11.6 Å². The molecular weight excluding hydrogens is 472 g/mol. The predicted octanol–water partition coefficient (Wildman–Crippen LogP) is 4.26. The Hall–Kier alpha value is -2.41. The van der Waals surface area contributed by atoms with Gasteiger partial charge in [0.1, 0.15) is 11.6 Å². The molecule has 202 valence electrons. The first kappa shape index (κ1) is 27.6. The molecule has 0 aromatic carbocycles. The zero-order valence-corrected chi connectivity index (χ0v) is 23.1. The maximum absolute atomic E-state index is 14.0. The number of allylic oxidation sites excluding steroid dienone is 3. The molecule has 0 aromatic heterocycles. The van der Waals surface area contributed by atoms with Gasteiger partial charge in [-0.2, -0.15) is 0 Å². The van der Waals surface area contributed by atoms with E-state index in [1.54, 1.807) is 6.92 Å². The molecule has 7 heteroatoms. The molecule has 3 unspecified atom stereocenters. The fourth-order valence-corrected chi connectivity index (χ4v) is 8.51. The average molecular weight is 513 g/mol. The lowest BCUT2D eigenvalue weighted by Gasteiger charge is -2.60. The van der Waals surface area contributed by atoms with Crippen LogP contribution in [-0.2, 0) is 24.0 Å². The molecular formula is C30H40O7. The molecule has 0 saturated heterocycles. The van der Waals surface area contributed by atoms with Crippen LogP contribution >= 0.6 is 0 Å². The minimum atomic E-state index is -1.08. The molecule has 0 amide bonds. The van der Waals surface area contributed by atoms with Crippen LogP contribution in [0, 0.1) is 39.4 Å². The Morgan fingerprint density at radius 2 is 1.70 bits per heavy atom. The molecule has 0 bridgehead atoms. The summed E-state index contributed by atoms with van der Waals surface area (Å²) in [5.41, 5.74) is -1.43. The highest BCUT2D eigenvalue weighted by Crippen LogP contribution is 2.70. The number of aliphatic hydroxyl groups excluding tert-OH is 1. The summed E-state index contributed by atoms with van der Waals surface area (Å²) in [4.78, 5) is 64.5. The molecule has 2 saturated carbocycles. The minimum Gasteiger partial charge on any atom is -0.481 e. The Morgan fingerprint density at radius 3 is 2.30 bits per heavy atom. The van der Waals surface area contributed by atoms with Crippen molar-refractivity contribution in [3.05, 3.63) is 22.8 Å². The van der Waals surface area contributed by atoms with Crippen molar-refractivity contribution in [3.63, 3.8) is 0 Å². The van der Waals surface area contributed by atoms with E-state index in [4.69, 9.17) is 5.11 Å². The Balaban J connectivity index is 1.81. The smallest absolute Gasteiger partial charge is 0.306 e.